The van der Waals surface area contributed by atoms with Crippen LogP contribution in [0.2, 0.25) is 0 Å². The lowest BCUT2D eigenvalue weighted by atomic mass is 9.97. The van der Waals surface area contributed by atoms with E-state index >= 15 is 0 Å². The topological polar surface area (TPSA) is 66.5 Å². The van der Waals surface area contributed by atoms with Crippen molar-refractivity contribution in [2.75, 3.05) is 13.1 Å². The fraction of sp³-hybridized carbons (Fsp3) is 0.588. The molecular formula is C17H25FN2O3S. The summed E-state index contributed by atoms with van der Waals surface area (Å²) in [6.07, 6.45) is 1.87. The molecule has 0 saturated carbocycles. The number of nitrogens with zero attached hydrogens (tertiary/aromatic N) is 1. The number of piperidine rings is 1. The highest BCUT2D eigenvalue weighted by Crippen LogP contribution is 2.26. The van der Waals surface area contributed by atoms with Gasteiger partial charge in [-0.15, -0.1) is 0 Å². The molecule has 1 fully saturated rings. The van der Waals surface area contributed by atoms with Crippen molar-refractivity contribution in [2.45, 2.75) is 51.0 Å². The highest BCUT2D eigenvalue weighted by atomic mass is 32.2. The number of amides is 1. The van der Waals surface area contributed by atoms with Crippen molar-refractivity contribution >= 4 is 15.9 Å². The molecule has 7 heteroatoms. The SMILES string of the molecule is CCC(C)NC(=O)C1CCN(S(=O)(=O)c2ccc(F)cc2C)CC1. The van der Waals surface area contributed by atoms with Crippen LogP contribution in [-0.4, -0.2) is 37.8 Å². The van der Waals surface area contributed by atoms with Crippen LogP contribution in [0.5, 0.6) is 0 Å². The minimum atomic E-state index is -3.65. The van der Waals surface area contributed by atoms with Crippen LogP contribution < -0.4 is 5.32 Å². The van der Waals surface area contributed by atoms with E-state index in [0.717, 1.165) is 12.5 Å². The number of carbonyl (C=O) groups excluding carboxylic acids is 1. The minimum Gasteiger partial charge on any atom is -0.353 e. The minimum absolute atomic E-state index is 0.000592. The Morgan fingerprint density at radius 1 is 1.38 bits per heavy atom. The maximum atomic E-state index is 13.2. The lowest BCUT2D eigenvalue weighted by molar-refractivity contribution is -0.126. The summed E-state index contributed by atoms with van der Waals surface area (Å²) in [5.74, 6) is -0.606. The van der Waals surface area contributed by atoms with Crippen LogP contribution in [0.4, 0.5) is 4.39 Å². The molecule has 134 valence electrons. The molecule has 1 aromatic carbocycles. The number of carbonyl (C=O) groups is 1. The van der Waals surface area contributed by atoms with Gasteiger partial charge in [0.15, 0.2) is 0 Å². The first-order valence-corrected chi connectivity index (χ1v) is 9.76. The van der Waals surface area contributed by atoms with Gasteiger partial charge in [0.25, 0.3) is 0 Å². The molecule has 1 aromatic rings. The van der Waals surface area contributed by atoms with Gasteiger partial charge in [0.05, 0.1) is 4.90 Å². The Labute approximate surface area is 143 Å². The molecule has 24 heavy (non-hydrogen) atoms. The van der Waals surface area contributed by atoms with Crippen molar-refractivity contribution in [3.8, 4) is 0 Å². The molecule has 1 amide bonds. The van der Waals surface area contributed by atoms with Crippen LogP contribution in [-0.2, 0) is 14.8 Å². The maximum absolute atomic E-state index is 13.2. The van der Waals surface area contributed by atoms with E-state index in [1.165, 1.54) is 16.4 Å². The highest BCUT2D eigenvalue weighted by Gasteiger charge is 2.33. The van der Waals surface area contributed by atoms with Crippen molar-refractivity contribution in [2.24, 2.45) is 5.92 Å². The first-order chi connectivity index (χ1) is 11.3. The zero-order valence-corrected chi connectivity index (χ0v) is 15.2. The Balaban J connectivity index is 2.04. The Bertz CT molecular complexity index is 698. The first-order valence-electron chi connectivity index (χ1n) is 8.32. The largest absolute Gasteiger partial charge is 0.353 e. The first kappa shape index (κ1) is 18.9. The van der Waals surface area contributed by atoms with Gasteiger partial charge >= 0.3 is 0 Å². The van der Waals surface area contributed by atoms with E-state index in [2.05, 4.69) is 5.32 Å². The highest BCUT2D eigenvalue weighted by molar-refractivity contribution is 7.89. The number of benzene rings is 1. The number of halogens is 1. The smallest absolute Gasteiger partial charge is 0.243 e. The summed E-state index contributed by atoms with van der Waals surface area (Å²) in [4.78, 5) is 12.3. The number of hydrogen-bond donors (Lipinski definition) is 1. The fourth-order valence-electron chi connectivity index (χ4n) is 2.86. The quantitative estimate of drug-likeness (QED) is 0.881. The van der Waals surface area contributed by atoms with Gasteiger partial charge in [0.1, 0.15) is 5.82 Å². The third-order valence-electron chi connectivity index (χ3n) is 4.58. The van der Waals surface area contributed by atoms with Gasteiger partial charge in [-0.05, 0) is 56.9 Å². The van der Waals surface area contributed by atoms with Crippen molar-refractivity contribution in [1.29, 1.82) is 0 Å². The van der Waals surface area contributed by atoms with Crippen molar-refractivity contribution in [3.05, 3.63) is 29.6 Å². The van der Waals surface area contributed by atoms with Gasteiger partial charge < -0.3 is 5.32 Å². The Kier molecular flexibility index (Phi) is 5.98. The number of nitrogens with one attached hydrogen (secondary N) is 1. The van der Waals surface area contributed by atoms with Crippen molar-refractivity contribution < 1.29 is 17.6 Å². The van der Waals surface area contributed by atoms with Gasteiger partial charge in [-0.1, -0.05) is 6.92 Å². The summed E-state index contributed by atoms with van der Waals surface area (Å²) < 4.78 is 40.0. The molecule has 0 spiro atoms. The average molecular weight is 356 g/mol. The van der Waals surface area contributed by atoms with E-state index in [9.17, 15) is 17.6 Å². The number of rotatable bonds is 5. The van der Waals surface area contributed by atoms with E-state index in [1.807, 2.05) is 13.8 Å². The molecule has 1 atom stereocenters. The number of sulfonamides is 1. The fourth-order valence-corrected chi connectivity index (χ4v) is 4.54. The molecule has 1 aliphatic heterocycles. The maximum Gasteiger partial charge on any atom is 0.243 e. The lowest BCUT2D eigenvalue weighted by Crippen LogP contribution is -2.44. The average Bonchev–Trinajstić information content (AvgIpc) is 2.54. The van der Waals surface area contributed by atoms with Crippen LogP contribution in [0.1, 0.15) is 38.7 Å². The zero-order chi connectivity index (χ0) is 17.9. The second-order valence-electron chi connectivity index (χ2n) is 6.41. The molecule has 0 aromatic heterocycles. The van der Waals surface area contributed by atoms with E-state index in [1.54, 1.807) is 6.92 Å². The Hall–Kier alpha value is -1.47. The third kappa shape index (κ3) is 4.13. The van der Waals surface area contributed by atoms with Gasteiger partial charge in [-0.3, -0.25) is 4.79 Å². The summed E-state index contributed by atoms with van der Waals surface area (Å²) in [5, 5.41) is 2.95. The van der Waals surface area contributed by atoms with E-state index in [0.29, 0.717) is 31.5 Å². The molecule has 5 nitrogen and oxygen atoms in total. The van der Waals surface area contributed by atoms with Crippen molar-refractivity contribution in [1.82, 2.24) is 9.62 Å². The zero-order valence-electron chi connectivity index (χ0n) is 14.4. The van der Waals surface area contributed by atoms with Gasteiger partial charge in [0.2, 0.25) is 15.9 Å². The van der Waals surface area contributed by atoms with Crippen molar-refractivity contribution in [3.63, 3.8) is 0 Å². The monoisotopic (exact) mass is 356 g/mol. The summed E-state index contributed by atoms with van der Waals surface area (Å²) in [6.45, 7) is 6.15. The van der Waals surface area contributed by atoms with Crippen LogP contribution in [0.3, 0.4) is 0 Å². The van der Waals surface area contributed by atoms with Crippen LogP contribution >= 0.6 is 0 Å². The molecular weight excluding hydrogens is 331 g/mol. The molecule has 1 unspecified atom stereocenters. The molecule has 1 N–H and O–H groups in total. The Morgan fingerprint density at radius 2 is 2.00 bits per heavy atom. The van der Waals surface area contributed by atoms with Crippen LogP contribution in [0.15, 0.2) is 23.1 Å². The second-order valence-corrected chi connectivity index (χ2v) is 8.31. The number of hydrogen-bond acceptors (Lipinski definition) is 3. The molecule has 0 aliphatic carbocycles. The molecule has 1 saturated heterocycles. The second kappa shape index (κ2) is 7.61. The summed E-state index contributed by atoms with van der Waals surface area (Å²) in [5.41, 5.74) is 0.395. The van der Waals surface area contributed by atoms with E-state index in [-0.39, 0.29) is 22.8 Å². The van der Waals surface area contributed by atoms with E-state index < -0.39 is 15.8 Å². The summed E-state index contributed by atoms with van der Waals surface area (Å²) in [7, 11) is -3.65. The van der Waals surface area contributed by atoms with Gasteiger partial charge in [0, 0.05) is 25.0 Å². The predicted octanol–water partition coefficient (Wildman–Crippen LogP) is 2.45. The molecule has 2 rings (SSSR count). The van der Waals surface area contributed by atoms with E-state index in [4.69, 9.17) is 0 Å². The van der Waals surface area contributed by atoms with Gasteiger partial charge in [-0.2, -0.15) is 4.31 Å². The molecule has 0 bridgehead atoms. The van der Waals surface area contributed by atoms with Crippen LogP contribution in [0.25, 0.3) is 0 Å². The van der Waals surface area contributed by atoms with Gasteiger partial charge in [-0.25, -0.2) is 12.8 Å². The molecule has 1 heterocycles. The molecule has 0 radical (unpaired) electrons. The normalized spacial score (nSPS) is 18.3. The number of aryl methyl sites for hydroxylation is 1. The standard InChI is InChI=1S/C17H25FN2O3S/c1-4-13(3)19-17(21)14-7-9-20(10-8-14)24(22,23)16-6-5-15(18)11-12(16)2/h5-6,11,13-14H,4,7-10H2,1-3H3,(H,19,21). The third-order valence-corrected chi connectivity index (χ3v) is 6.64. The molecule has 1 aliphatic rings. The lowest BCUT2D eigenvalue weighted by Gasteiger charge is -2.31. The predicted molar refractivity (Wildman–Crippen MR) is 90.5 cm³/mol. The van der Waals surface area contributed by atoms with Crippen LogP contribution in [0, 0.1) is 18.7 Å². The summed E-state index contributed by atoms with van der Waals surface area (Å²) >= 11 is 0. The Morgan fingerprint density at radius 3 is 2.54 bits per heavy atom. The summed E-state index contributed by atoms with van der Waals surface area (Å²) in [6, 6.07) is 3.81.